The van der Waals surface area contributed by atoms with Gasteiger partial charge >= 0.3 is 0 Å². The molecule has 2 atom stereocenters. The molecule has 25 heavy (non-hydrogen) atoms. The van der Waals surface area contributed by atoms with Gasteiger partial charge in [0.1, 0.15) is 17.3 Å². The highest BCUT2D eigenvalue weighted by molar-refractivity contribution is 6.07. The molecule has 7 heteroatoms. The van der Waals surface area contributed by atoms with Gasteiger partial charge in [-0.3, -0.25) is 9.59 Å². The molecular formula is C18H20N4O3. The van der Waals surface area contributed by atoms with Crippen molar-refractivity contribution in [3.05, 3.63) is 48.0 Å². The molecule has 0 aliphatic carbocycles. The standard InChI is InChI=1S/C18H20N4O3/c1-21-10-8-19-16(21)15-18(7-9-22(15)14(24)6-11-23)12-4-2-3-5-13(12)20-17(18)25/h2-5,8,10,15,23H,6-7,9,11H2,1H3,(H,20,25)/t15-,18+/m0/s1. The molecule has 2 aliphatic rings. The maximum Gasteiger partial charge on any atom is 0.237 e. The first kappa shape index (κ1) is 15.8. The second kappa shape index (κ2) is 5.70. The van der Waals surface area contributed by atoms with Gasteiger partial charge in [-0.05, 0) is 18.1 Å². The zero-order valence-corrected chi connectivity index (χ0v) is 14.0. The van der Waals surface area contributed by atoms with E-state index in [1.165, 1.54) is 0 Å². The fourth-order valence-corrected chi connectivity index (χ4v) is 4.19. The van der Waals surface area contributed by atoms with Crippen molar-refractivity contribution in [2.45, 2.75) is 24.3 Å². The number of hydrogen-bond acceptors (Lipinski definition) is 4. The number of para-hydroxylation sites is 1. The summed E-state index contributed by atoms with van der Waals surface area (Å²) in [5, 5.41) is 12.2. The van der Waals surface area contributed by atoms with E-state index >= 15 is 0 Å². The van der Waals surface area contributed by atoms with Crippen molar-refractivity contribution >= 4 is 17.5 Å². The molecule has 4 rings (SSSR count). The van der Waals surface area contributed by atoms with Crippen LogP contribution in [0.3, 0.4) is 0 Å². The molecule has 2 aromatic rings. The Morgan fingerprint density at radius 1 is 1.44 bits per heavy atom. The number of imidazole rings is 1. The molecule has 0 radical (unpaired) electrons. The lowest BCUT2D eigenvalue weighted by atomic mass is 9.74. The lowest BCUT2D eigenvalue weighted by Gasteiger charge is -2.33. The third-order valence-corrected chi connectivity index (χ3v) is 5.34. The van der Waals surface area contributed by atoms with Crippen LogP contribution >= 0.6 is 0 Å². The fraction of sp³-hybridized carbons (Fsp3) is 0.389. The summed E-state index contributed by atoms with van der Waals surface area (Å²) in [6.07, 6.45) is 4.06. The highest BCUT2D eigenvalue weighted by atomic mass is 16.3. The number of likely N-dealkylation sites (tertiary alicyclic amines) is 1. The smallest absolute Gasteiger partial charge is 0.237 e. The number of carbonyl (C=O) groups excluding carboxylic acids is 2. The predicted octanol–water partition coefficient (Wildman–Crippen LogP) is 0.966. The zero-order chi connectivity index (χ0) is 17.6. The summed E-state index contributed by atoms with van der Waals surface area (Å²) in [7, 11) is 1.86. The number of nitrogens with zero attached hydrogens (tertiary/aromatic N) is 3. The maximum absolute atomic E-state index is 13.1. The minimum absolute atomic E-state index is 0.0419. The number of aliphatic hydroxyl groups is 1. The number of carbonyl (C=O) groups is 2. The summed E-state index contributed by atoms with van der Waals surface area (Å²) < 4.78 is 1.85. The lowest BCUT2D eigenvalue weighted by molar-refractivity contribution is -0.134. The van der Waals surface area contributed by atoms with Gasteiger partial charge < -0.3 is 19.9 Å². The van der Waals surface area contributed by atoms with Crippen molar-refractivity contribution in [3.8, 4) is 0 Å². The van der Waals surface area contributed by atoms with Gasteiger partial charge in [-0.25, -0.2) is 4.98 Å². The van der Waals surface area contributed by atoms with Gasteiger partial charge in [0.2, 0.25) is 11.8 Å². The molecule has 1 saturated heterocycles. The minimum Gasteiger partial charge on any atom is -0.396 e. The van der Waals surface area contributed by atoms with Crippen LogP contribution in [0, 0.1) is 0 Å². The van der Waals surface area contributed by atoms with E-state index in [1.54, 1.807) is 11.1 Å². The highest BCUT2D eigenvalue weighted by Gasteiger charge is 2.60. The molecule has 1 fully saturated rings. The summed E-state index contributed by atoms with van der Waals surface area (Å²) in [5.41, 5.74) is 0.858. The number of amides is 2. The Balaban J connectivity index is 1.89. The van der Waals surface area contributed by atoms with Gasteiger partial charge in [0.05, 0.1) is 6.61 Å². The van der Waals surface area contributed by atoms with Crippen LogP contribution in [0.5, 0.6) is 0 Å². The van der Waals surface area contributed by atoms with Gasteiger partial charge in [0.25, 0.3) is 0 Å². The van der Waals surface area contributed by atoms with Crippen molar-refractivity contribution in [1.29, 1.82) is 0 Å². The van der Waals surface area contributed by atoms with Crippen molar-refractivity contribution in [2.75, 3.05) is 18.5 Å². The summed E-state index contributed by atoms with van der Waals surface area (Å²) in [5.74, 6) is 0.418. The van der Waals surface area contributed by atoms with Crippen LogP contribution in [0.1, 0.15) is 30.3 Å². The Bertz CT molecular complexity index is 846. The van der Waals surface area contributed by atoms with Gasteiger partial charge in [0.15, 0.2) is 0 Å². The highest BCUT2D eigenvalue weighted by Crippen LogP contribution is 2.54. The fourth-order valence-electron chi connectivity index (χ4n) is 4.19. The maximum atomic E-state index is 13.1. The summed E-state index contributed by atoms with van der Waals surface area (Å²) in [6, 6.07) is 7.14. The summed E-state index contributed by atoms with van der Waals surface area (Å²) in [4.78, 5) is 31.8. The third-order valence-electron chi connectivity index (χ3n) is 5.34. The topological polar surface area (TPSA) is 87.5 Å². The van der Waals surface area contributed by atoms with E-state index in [4.69, 9.17) is 0 Å². The zero-order valence-electron chi connectivity index (χ0n) is 14.0. The Morgan fingerprint density at radius 3 is 2.96 bits per heavy atom. The first-order valence-corrected chi connectivity index (χ1v) is 8.38. The molecular weight excluding hydrogens is 320 g/mol. The molecule has 1 aromatic heterocycles. The second-order valence-corrected chi connectivity index (χ2v) is 6.58. The normalized spacial score (nSPS) is 24.6. The quantitative estimate of drug-likeness (QED) is 0.871. The lowest BCUT2D eigenvalue weighted by Crippen LogP contribution is -2.43. The first-order valence-electron chi connectivity index (χ1n) is 8.38. The van der Waals surface area contributed by atoms with E-state index in [-0.39, 0.29) is 24.8 Å². The Morgan fingerprint density at radius 2 is 2.24 bits per heavy atom. The number of aryl methyl sites for hydroxylation is 1. The van der Waals surface area contributed by atoms with Crippen LogP contribution in [-0.4, -0.2) is 44.5 Å². The van der Waals surface area contributed by atoms with Crippen molar-refractivity contribution < 1.29 is 14.7 Å². The molecule has 1 aromatic carbocycles. The molecule has 2 aliphatic heterocycles. The summed E-state index contributed by atoms with van der Waals surface area (Å²) >= 11 is 0. The van der Waals surface area contributed by atoms with E-state index in [0.717, 1.165) is 11.3 Å². The Labute approximate surface area is 145 Å². The largest absolute Gasteiger partial charge is 0.396 e. The number of fused-ring (bicyclic) bond motifs is 2. The molecule has 0 bridgehead atoms. The van der Waals surface area contributed by atoms with Gasteiger partial charge in [-0.1, -0.05) is 18.2 Å². The van der Waals surface area contributed by atoms with Gasteiger partial charge in [-0.15, -0.1) is 0 Å². The van der Waals surface area contributed by atoms with Crippen LogP contribution in [0.25, 0.3) is 0 Å². The molecule has 0 unspecified atom stereocenters. The molecule has 130 valence electrons. The number of benzene rings is 1. The number of anilines is 1. The predicted molar refractivity (Wildman–Crippen MR) is 90.7 cm³/mol. The number of aliphatic hydroxyl groups excluding tert-OH is 1. The molecule has 3 heterocycles. The molecule has 7 nitrogen and oxygen atoms in total. The van der Waals surface area contributed by atoms with E-state index in [9.17, 15) is 14.7 Å². The Hall–Kier alpha value is -2.67. The van der Waals surface area contributed by atoms with E-state index in [0.29, 0.717) is 18.8 Å². The van der Waals surface area contributed by atoms with Crippen molar-refractivity contribution in [2.24, 2.45) is 7.05 Å². The minimum atomic E-state index is -0.846. The van der Waals surface area contributed by atoms with Crippen LogP contribution in [-0.2, 0) is 22.1 Å². The van der Waals surface area contributed by atoms with E-state index < -0.39 is 11.5 Å². The monoisotopic (exact) mass is 340 g/mol. The number of rotatable bonds is 3. The van der Waals surface area contributed by atoms with E-state index in [1.807, 2.05) is 42.1 Å². The number of aromatic nitrogens is 2. The molecule has 2 amide bonds. The molecule has 2 N–H and O–H groups in total. The van der Waals surface area contributed by atoms with Crippen LogP contribution in [0.4, 0.5) is 5.69 Å². The van der Waals surface area contributed by atoms with Crippen LogP contribution in [0.2, 0.25) is 0 Å². The number of hydrogen-bond donors (Lipinski definition) is 2. The average molecular weight is 340 g/mol. The van der Waals surface area contributed by atoms with Crippen LogP contribution in [0.15, 0.2) is 36.7 Å². The SMILES string of the molecule is Cn1ccnc1[C@@H]1N(C(=O)CCO)CC[C@]12C(=O)Nc1ccccc12. The second-order valence-electron chi connectivity index (χ2n) is 6.58. The molecule has 0 saturated carbocycles. The van der Waals surface area contributed by atoms with Crippen molar-refractivity contribution in [3.63, 3.8) is 0 Å². The summed E-state index contributed by atoms with van der Waals surface area (Å²) in [6.45, 7) is 0.247. The van der Waals surface area contributed by atoms with Gasteiger partial charge in [0, 0.05) is 38.1 Å². The van der Waals surface area contributed by atoms with Gasteiger partial charge in [-0.2, -0.15) is 0 Å². The Kier molecular flexibility index (Phi) is 3.61. The first-order chi connectivity index (χ1) is 12.1. The average Bonchev–Trinajstić information content (AvgIpc) is 3.26. The molecule has 1 spiro atoms. The van der Waals surface area contributed by atoms with Crippen LogP contribution < -0.4 is 5.32 Å². The van der Waals surface area contributed by atoms with E-state index in [2.05, 4.69) is 10.3 Å². The third kappa shape index (κ3) is 2.12. The van der Waals surface area contributed by atoms with Crippen molar-refractivity contribution in [1.82, 2.24) is 14.5 Å². The number of nitrogens with one attached hydrogen (secondary N) is 1.